The van der Waals surface area contributed by atoms with Crippen molar-refractivity contribution in [1.82, 2.24) is 18.8 Å². The van der Waals surface area contributed by atoms with Crippen LogP contribution >= 0.6 is 0 Å². The smallest absolute Gasteiger partial charge is 0.338 e. The lowest BCUT2D eigenvalue weighted by Crippen LogP contribution is -2.51. The second-order valence-corrected chi connectivity index (χ2v) is 7.80. The summed E-state index contributed by atoms with van der Waals surface area (Å²) in [4.78, 5) is 28.2. The van der Waals surface area contributed by atoms with Crippen molar-refractivity contribution >= 4 is 15.9 Å². The summed E-state index contributed by atoms with van der Waals surface area (Å²) in [6.07, 6.45) is 2.76. The van der Waals surface area contributed by atoms with Crippen LogP contribution in [0.4, 0.5) is 8.78 Å². The number of nitrogens with zero attached hydrogens (tertiary/aromatic N) is 4. The lowest BCUT2D eigenvalue weighted by molar-refractivity contribution is -0.133. The first kappa shape index (κ1) is 19.1. The van der Waals surface area contributed by atoms with Gasteiger partial charge in [0.25, 0.3) is 0 Å². The van der Waals surface area contributed by atoms with E-state index in [9.17, 15) is 26.8 Å². The zero-order valence-corrected chi connectivity index (χ0v) is 14.9. The molecule has 1 saturated heterocycles. The average Bonchev–Trinajstić information content (AvgIpc) is 2.63. The van der Waals surface area contributed by atoms with Crippen LogP contribution < -0.4 is 5.69 Å². The highest BCUT2D eigenvalue weighted by atomic mass is 32.2. The van der Waals surface area contributed by atoms with E-state index in [4.69, 9.17) is 0 Å². The Morgan fingerprint density at radius 3 is 2.48 bits per heavy atom. The number of rotatable bonds is 4. The Morgan fingerprint density at radius 2 is 1.85 bits per heavy atom. The number of amides is 1. The maximum absolute atomic E-state index is 13.8. The van der Waals surface area contributed by atoms with Crippen LogP contribution in [-0.2, 0) is 21.4 Å². The van der Waals surface area contributed by atoms with Crippen molar-refractivity contribution in [1.29, 1.82) is 0 Å². The average molecular weight is 398 g/mol. The largest absolute Gasteiger partial charge is 0.347 e. The summed E-state index contributed by atoms with van der Waals surface area (Å²) in [6, 6.07) is 3.79. The van der Waals surface area contributed by atoms with Crippen LogP contribution in [0.3, 0.4) is 0 Å². The molecule has 11 heteroatoms. The van der Waals surface area contributed by atoms with Gasteiger partial charge < -0.3 is 4.90 Å². The number of hydrogen-bond acceptors (Lipinski definition) is 5. The van der Waals surface area contributed by atoms with Gasteiger partial charge in [0.2, 0.25) is 15.9 Å². The maximum atomic E-state index is 13.8. The molecule has 0 spiro atoms. The van der Waals surface area contributed by atoms with Crippen LogP contribution in [0.25, 0.3) is 0 Å². The third kappa shape index (κ3) is 4.03. The number of carbonyl (C=O) groups is 1. The summed E-state index contributed by atoms with van der Waals surface area (Å²) in [5.74, 6) is -2.38. The Balaban J connectivity index is 1.67. The highest BCUT2D eigenvalue weighted by Crippen LogP contribution is 2.21. The Hall–Kier alpha value is -2.66. The predicted molar refractivity (Wildman–Crippen MR) is 90.2 cm³/mol. The van der Waals surface area contributed by atoms with Crippen LogP contribution in [0.5, 0.6) is 0 Å². The number of aromatic nitrogens is 2. The van der Waals surface area contributed by atoms with Crippen molar-refractivity contribution in [2.45, 2.75) is 11.4 Å². The quantitative estimate of drug-likeness (QED) is 0.726. The van der Waals surface area contributed by atoms with E-state index in [1.165, 1.54) is 23.4 Å². The van der Waals surface area contributed by atoms with Gasteiger partial charge in [-0.3, -0.25) is 9.36 Å². The van der Waals surface area contributed by atoms with Crippen LogP contribution in [0.1, 0.15) is 0 Å². The molecule has 0 radical (unpaired) electrons. The van der Waals surface area contributed by atoms with Gasteiger partial charge in [-0.25, -0.2) is 27.0 Å². The Kier molecular flexibility index (Phi) is 5.33. The molecule has 144 valence electrons. The fraction of sp³-hybridized carbons (Fsp3) is 0.312. The molecule has 0 atom stereocenters. The second kappa shape index (κ2) is 7.53. The molecule has 1 amide bonds. The van der Waals surface area contributed by atoms with E-state index < -0.39 is 32.2 Å². The molecule has 27 heavy (non-hydrogen) atoms. The first-order chi connectivity index (χ1) is 12.8. The van der Waals surface area contributed by atoms with Crippen molar-refractivity contribution in [2.24, 2.45) is 0 Å². The van der Waals surface area contributed by atoms with E-state index >= 15 is 0 Å². The SMILES string of the molecule is O=C(Cn1cccnc1=O)N1CCN(S(=O)(=O)c2ccc(F)cc2F)CC1. The Labute approximate surface area is 153 Å². The van der Waals surface area contributed by atoms with Gasteiger partial charge in [0.05, 0.1) is 0 Å². The van der Waals surface area contributed by atoms with E-state index in [0.29, 0.717) is 6.07 Å². The molecule has 2 heterocycles. The molecule has 1 aromatic carbocycles. The highest BCUT2D eigenvalue weighted by molar-refractivity contribution is 7.89. The standard InChI is InChI=1S/C16H16F2N4O4S/c17-12-2-3-14(13(18)10-12)27(25,26)22-8-6-20(7-9-22)15(23)11-21-5-1-4-19-16(21)24/h1-5,10H,6-9,11H2. The van der Waals surface area contributed by atoms with Gasteiger partial charge in [-0.1, -0.05) is 0 Å². The zero-order valence-electron chi connectivity index (χ0n) is 14.1. The number of carbonyl (C=O) groups excluding carboxylic acids is 1. The minimum atomic E-state index is -4.14. The third-order valence-corrected chi connectivity index (χ3v) is 6.12. The zero-order chi connectivity index (χ0) is 19.6. The molecule has 1 aromatic heterocycles. The number of piperazine rings is 1. The number of sulfonamides is 1. The molecule has 1 aliphatic heterocycles. The molecule has 0 N–H and O–H groups in total. The lowest BCUT2D eigenvalue weighted by atomic mass is 10.3. The normalized spacial score (nSPS) is 15.7. The summed E-state index contributed by atoms with van der Waals surface area (Å²) in [5.41, 5.74) is -0.557. The van der Waals surface area contributed by atoms with Gasteiger partial charge in [-0.15, -0.1) is 0 Å². The van der Waals surface area contributed by atoms with Crippen molar-refractivity contribution in [3.05, 3.63) is 58.8 Å². The molecule has 0 saturated carbocycles. The molecule has 3 rings (SSSR count). The van der Waals surface area contributed by atoms with E-state index in [2.05, 4.69) is 4.98 Å². The second-order valence-electron chi connectivity index (χ2n) is 5.89. The van der Waals surface area contributed by atoms with Crippen LogP contribution in [0.15, 0.2) is 46.3 Å². The summed E-state index contributed by atoms with van der Waals surface area (Å²) in [6.45, 7) is -0.0859. The first-order valence-corrected chi connectivity index (χ1v) is 9.47. The summed E-state index contributed by atoms with van der Waals surface area (Å²) in [7, 11) is -4.14. The number of hydrogen-bond donors (Lipinski definition) is 0. The molecule has 8 nitrogen and oxygen atoms in total. The summed E-state index contributed by atoms with van der Waals surface area (Å²) < 4.78 is 54.1. The van der Waals surface area contributed by atoms with Crippen molar-refractivity contribution in [3.8, 4) is 0 Å². The molecule has 1 fully saturated rings. The van der Waals surface area contributed by atoms with Gasteiger partial charge in [0.1, 0.15) is 23.1 Å². The molecule has 2 aromatic rings. The van der Waals surface area contributed by atoms with Gasteiger partial charge in [0, 0.05) is 44.6 Å². The summed E-state index contributed by atoms with van der Waals surface area (Å²) in [5, 5.41) is 0. The molecule has 0 unspecified atom stereocenters. The molecule has 1 aliphatic rings. The summed E-state index contributed by atoms with van der Waals surface area (Å²) >= 11 is 0. The Bertz CT molecular complexity index is 1020. The van der Waals surface area contributed by atoms with Crippen molar-refractivity contribution < 1.29 is 22.0 Å². The van der Waals surface area contributed by atoms with E-state index in [0.717, 1.165) is 21.0 Å². The van der Waals surface area contributed by atoms with E-state index in [1.54, 1.807) is 0 Å². The van der Waals surface area contributed by atoms with E-state index in [-0.39, 0.29) is 38.6 Å². The fourth-order valence-electron chi connectivity index (χ4n) is 2.75. The topological polar surface area (TPSA) is 92.6 Å². The molecular formula is C16H16F2N4O4S. The molecular weight excluding hydrogens is 382 g/mol. The molecule has 0 bridgehead atoms. The van der Waals surface area contributed by atoms with Crippen LogP contribution in [-0.4, -0.2) is 59.3 Å². The van der Waals surface area contributed by atoms with Gasteiger partial charge in [-0.05, 0) is 18.2 Å². The van der Waals surface area contributed by atoms with Crippen LogP contribution in [0.2, 0.25) is 0 Å². The maximum Gasteiger partial charge on any atom is 0.347 e. The minimum Gasteiger partial charge on any atom is -0.338 e. The van der Waals surface area contributed by atoms with Crippen LogP contribution in [0, 0.1) is 11.6 Å². The van der Waals surface area contributed by atoms with Gasteiger partial charge in [-0.2, -0.15) is 4.31 Å². The van der Waals surface area contributed by atoms with Gasteiger partial charge in [0.15, 0.2) is 0 Å². The minimum absolute atomic E-state index is 0.0349. The fourth-order valence-corrected chi connectivity index (χ4v) is 4.22. The third-order valence-electron chi connectivity index (χ3n) is 4.19. The number of halogens is 2. The van der Waals surface area contributed by atoms with Gasteiger partial charge >= 0.3 is 5.69 Å². The lowest BCUT2D eigenvalue weighted by Gasteiger charge is -2.34. The Morgan fingerprint density at radius 1 is 1.15 bits per heavy atom. The van der Waals surface area contributed by atoms with Crippen molar-refractivity contribution in [2.75, 3.05) is 26.2 Å². The first-order valence-electron chi connectivity index (χ1n) is 8.03. The van der Waals surface area contributed by atoms with Crippen molar-refractivity contribution in [3.63, 3.8) is 0 Å². The monoisotopic (exact) mass is 398 g/mol. The number of benzene rings is 1. The van der Waals surface area contributed by atoms with E-state index in [1.807, 2.05) is 0 Å². The molecule has 0 aliphatic carbocycles. The highest BCUT2D eigenvalue weighted by Gasteiger charge is 2.32. The predicted octanol–water partition coefficient (Wildman–Crippen LogP) is 0.0546.